The van der Waals surface area contributed by atoms with Crippen molar-refractivity contribution in [1.29, 1.82) is 0 Å². The summed E-state index contributed by atoms with van der Waals surface area (Å²) in [5.41, 5.74) is 1.22. The Morgan fingerprint density at radius 3 is 1.80 bits per heavy atom. The van der Waals surface area contributed by atoms with E-state index in [1.54, 1.807) is 0 Å². The van der Waals surface area contributed by atoms with Crippen LogP contribution in [0, 0.1) is 0 Å². The molecule has 1 fully saturated rings. The van der Waals surface area contributed by atoms with E-state index in [9.17, 15) is 0 Å². The van der Waals surface area contributed by atoms with E-state index in [0.29, 0.717) is 0 Å². The highest BCUT2D eigenvalue weighted by molar-refractivity contribution is 6.63. The highest BCUT2D eigenvalue weighted by Gasteiger charge is 2.54. The Kier molecular flexibility index (Phi) is 3.80. The lowest BCUT2D eigenvalue weighted by Gasteiger charge is -2.32. The minimum Gasteiger partial charge on any atom is -0.399 e. The van der Waals surface area contributed by atoms with E-state index in [2.05, 4.69) is 60.5 Å². The third-order valence-electron chi connectivity index (χ3n) is 4.34. The van der Waals surface area contributed by atoms with Crippen LogP contribution in [0.5, 0.6) is 0 Å². The predicted octanol–water partition coefficient (Wildman–Crippen LogP) is 3.22. The standard InChI is InChI=1S/C15H26BNO3/c1-9(2)12-11(13(10(3)4)18-17-12)16-19-14(5,6)15(7,8)20-16/h9-10H,1-8H3. The molecule has 2 heterocycles. The van der Waals surface area contributed by atoms with Crippen molar-refractivity contribution in [1.82, 2.24) is 5.16 Å². The van der Waals surface area contributed by atoms with Gasteiger partial charge in [-0.3, -0.25) is 0 Å². The average molecular weight is 279 g/mol. The van der Waals surface area contributed by atoms with Gasteiger partial charge < -0.3 is 13.8 Å². The molecule has 20 heavy (non-hydrogen) atoms. The van der Waals surface area contributed by atoms with Gasteiger partial charge in [-0.25, -0.2) is 0 Å². The van der Waals surface area contributed by atoms with Gasteiger partial charge in [-0.15, -0.1) is 0 Å². The van der Waals surface area contributed by atoms with Crippen molar-refractivity contribution < 1.29 is 13.8 Å². The first-order chi connectivity index (χ1) is 9.07. The molecule has 112 valence electrons. The molecule has 0 aromatic carbocycles. The van der Waals surface area contributed by atoms with Gasteiger partial charge in [0.05, 0.1) is 16.9 Å². The van der Waals surface area contributed by atoms with Crippen LogP contribution in [-0.2, 0) is 9.31 Å². The summed E-state index contributed by atoms with van der Waals surface area (Å²) in [6, 6.07) is 0. The zero-order chi connectivity index (χ0) is 15.3. The van der Waals surface area contributed by atoms with Gasteiger partial charge in [0.25, 0.3) is 0 Å². The van der Waals surface area contributed by atoms with Crippen LogP contribution in [-0.4, -0.2) is 23.5 Å². The van der Waals surface area contributed by atoms with Crippen LogP contribution in [0.15, 0.2) is 4.52 Å². The van der Waals surface area contributed by atoms with E-state index >= 15 is 0 Å². The van der Waals surface area contributed by atoms with Gasteiger partial charge in [-0.1, -0.05) is 32.9 Å². The number of hydrogen-bond donors (Lipinski definition) is 0. The van der Waals surface area contributed by atoms with Crippen molar-refractivity contribution in [2.45, 2.75) is 78.4 Å². The summed E-state index contributed by atoms with van der Waals surface area (Å²) in [7, 11) is -0.402. The molecule has 0 bridgehead atoms. The van der Waals surface area contributed by atoms with Crippen LogP contribution in [0.1, 0.15) is 78.7 Å². The van der Waals surface area contributed by atoms with Crippen LogP contribution in [0.3, 0.4) is 0 Å². The molecule has 0 amide bonds. The second kappa shape index (κ2) is 4.88. The number of hydrogen-bond acceptors (Lipinski definition) is 4. The zero-order valence-corrected chi connectivity index (χ0v) is 13.9. The number of nitrogens with zero attached hydrogens (tertiary/aromatic N) is 1. The fourth-order valence-corrected chi connectivity index (χ4v) is 2.35. The lowest BCUT2D eigenvalue weighted by Crippen LogP contribution is -2.41. The molecule has 0 spiro atoms. The molecule has 1 saturated heterocycles. The Morgan fingerprint density at radius 2 is 1.40 bits per heavy atom. The predicted molar refractivity (Wildman–Crippen MR) is 80.4 cm³/mol. The van der Waals surface area contributed by atoms with E-state index < -0.39 is 7.12 Å². The van der Waals surface area contributed by atoms with Gasteiger partial charge in [0.1, 0.15) is 5.76 Å². The van der Waals surface area contributed by atoms with Crippen molar-refractivity contribution in [3.63, 3.8) is 0 Å². The Hall–Kier alpha value is -0.805. The average Bonchev–Trinajstić information content (AvgIpc) is 2.78. The molecule has 0 saturated carbocycles. The molecule has 2 rings (SSSR count). The molecule has 0 radical (unpaired) electrons. The molecule has 5 heteroatoms. The number of aromatic nitrogens is 1. The van der Waals surface area contributed by atoms with Crippen molar-refractivity contribution in [3.8, 4) is 0 Å². The van der Waals surface area contributed by atoms with Crippen LogP contribution in [0.4, 0.5) is 0 Å². The molecule has 4 nitrogen and oxygen atoms in total. The topological polar surface area (TPSA) is 44.5 Å². The molecular formula is C15H26BNO3. The SMILES string of the molecule is CC(C)c1noc(C(C)C)c1B1OC(C)(C)C(C)(C)O1. The normalized spacial score (nSPS) is 21.2. The van der Waals surface area contributed by atoms with Gasteiger partial charge in [0, 0.05) is 11.4 Å². The fraction of sp³-hybridized carbons (Fsp3) is 0.800. The van der Waals surface area contributed by atoms with Crippen LogP contribution < -0.4 is 5.46 Å². The van der Waals surface area contributed by atoms with Crippen molar-refractivity contribution >= 4 is 12.6 Å². The minimum absolute atomic E-state index is 0.254. The van der Waals surface area contributed by atoms with E-state index in [0.717, 1.165) is 16.9 Å². The fourth-order valence-electron chi connectivity index (χ4n) is 2.35. The summed E-state index contributed by atoms with van der Waals surface area (Å²) < 4.78 is 17.9. The smallest absolute Gasteiger partial charge is 0.399 e. The second-order valence-electron chi connectivity index (χ2n) is 7.24. The highest BCUT2D eigenvalue weighted by Crippen LogP contribution is 2.37. The quantitative estimate of drug-likeness (QED) is 0.797. The van der Waals surface area contributed by atoms with Crippen LogP contribution in [0.2, 0.25) is 0 Å². The third kappa shape index (κ3) is 2.42. The second-order valence-corrected chi connectivity index (χ2v) is 7.24. The molecule has 0 aliphatic carbocycles. The largest absolute Gasteiger partial charge is 0.500 e. The first kappa shape index (κ1) is 15.6. The summed E-state index contributed by atoms with van der Waals surface area (Å²) in [4.78, 5) is 0. The minimum atomic E-state index is -0.402. The van der Waals surface area contributed by atoms with Gasteiger partial charge >= 0.3 is 7.12 Å². The summed E-state index contributed by atoms with van der Waals surface area (Å²) in [5, 5.41) is 4.24. The first-order valence-corrected chi connectivity index (χ1v) is 7.42. The molecular weight excluding hydrogens is 253 g/mol. The van der Waals surface area contributed by atoms with Crippen molar-refractivity contribution in [2.75, 3.05) is 0 Å². The zero-order valence-electron chi connectivity index (χ0n) is 13.9. The molecule has 1 aromatic heterocycles. The maximum Gasteiger partial charge on any atom is 0.500 e. The van der Waals surface area contributed by atoms with E-state index in [1.807, 2.05) is 0 Å². The number of rotatable bonds is 3. The molecule has 1 aliphatic heterocycles. The highest BCUT2D eigenvalue weighted by atomic mass is 16.7. The maximum absolute atomic E-state index is 6.17. The van der Waals surface area contributed by atoms with E-state index in [1.165, 1.54) is 0 Å². The Bertz CT molecular complexity index is 450. The summed E-state index contributed by atoms with van der Waals surface area (Å²) >= 11 is 0. The summed E-state index contributed by atoms with van der Waals surface area (Å²) in [6.45, 7) is 16.6. The lowest BCUT2D eigenvalue weighted by atomic mass is 9.73. The summed E-state index contributed by atoms with van der Waals surface area (Å²) in [5.74, 6) is 1.40. The van der Waals surface area contributed by atoms with Gasteiger partial charge in [-0.2, -0.15) is 0 Å². The summed E-state index contributed by atoms with van der Waals surface area (Å²) in [6.07, 6.45) is 0. The molecule has 0 N–H and O–H groups in total. The Morgan fingerprint density at radius 1 is 0.900 bits per heavy atom. The van der Waals surface area contributed by atoms with E-state index in [-0.39, 0.29) is 23.0 Å². The van der Waals surface area contributed by atoms with E-state index in [4.69, 9.17) is 13.8 Å². The van der Waals surface area contributed by atoms with Crippen molar-refractivity contribution in [2.24, 2.45) is 0 Å². The van der Waals surface area contributed by atoms with Crippen molar-refractivity contribution in [3.05, 3.63) is 11.5 Å². The third-order valence-corrected chi connectivity index (χ3v) is 4.34. The van der Waals surface area contributed by atoms with Crippen LogP contribution >= 0.6 is 0 Å². The molecule has 0 unspecified atom stereocenters. The van der Waals surface area contributed by atoms with Crippen LogP contribution in [0.25, 0.3) is 0 Å². The maximum atomic E-state index is 6.17. The molecule has 1 aliphatic rings. The van der Waals surface area contributed by atoms with Gasteiger partial charge in [-0.05, 0) is 33.6 Å². The Labute approximate surface area is 122 Å². The van der Waals surface area contributed by atoms with Gasteiger partial charge in [0.2, 0.25) is 0 Å². The Balaban J connectivity index is 2.45. The molecule has 0 atom stereocenters. The van der Waals surface area contributed by atoms with Gasteiger partial charge in [0.15, 0.2) is 0 Å². The first-order valence-electron chi connectivity index (χ1n) is 7.42. The monoisotopic (exact) mass is 279 g/mol. The molecule has 1 aromatic rings. The lowest BCUT2D eigenvalue weighted by molar-refractivity contribution is 0.00578.